The lowest BCUT2D eigenvalue weighted by Gasteiger charge is -2.08. The first kappa shape index (κ1) is 11.5. The van der Waals surface area contributed by atoms with Gasteiger partial charge in [0.05, 0.1) is 15.7 Å². The zero-order chi connectivity index (χ0) is 10.8. The van der Waals surface area contributed by atoms with E-state index in [1.165, 1.54) is 0 Å². The standard InChI is InChI=1S/C8H7F3INO/c1-2-14-7-6(12)3-5(4-13-7)8(9,10)11/h3-4H,2H2,1H3. The van der Waals surface area contributed by atoms with Crippen LogP contribution in [0.25, 0.3) is 0 Å². The molecule has 1 aromatic rings. The van der Waals surface area contributed by atoms with E-state index in [9.17, 15) is 13.2 Å². The van der Waals surface area contributed by atoms with Crippen LogP contribution in [-0.2, 0) is 6.18 Å². The average molecular weight is 317 g/mol. The summed E-state index contributed by atoms with van der Waals surface area (Å²) in [7, 11) is 0. The highest BCUT2D eigenvalue weighted by Gasteiger charge is 2.31. The minimum Gasteiger partial charge on any atom is -0.477 e. The Bertz CT molecular complexity index is 327. The second-order valence-corrected chi connectivity index (χ2v) is 3.60. The number of hydrogen-bond donors (Lipinski definition) is 0. The van der Waals surface area contributed by atoms with Gasteiger partial charge < -0.3 is 4.74 Å². The molecule has 1 heterocycles. The molecular weight excluding hydrogens is 310 g/mol. The van der Waals surface area contributed by atoms with Gasteiger partial charge in [-0.1, -0.05) is 0 Å². The molecule has 0 radical (unpaired) electrons. The fraction of sp³-hybridized carbons (Fsp3) is 0.375. The minimum atomic E-state index is -4.35. The third-order valence-electron chi connectivity index (χ3n) is 1.42. The Kier molecular flexibility index (Phi) is 3.57. The van der Waals surface area contributed by atoms with E-state index in [2.05, 4.69) is 4.98 Å². The molecule has 2 nitrogen and oxygen atoms in total. The number of halogens is 4. The molecule has 1 aromatic heterocycles. The van der Waals surface area contributed by atoms with E-state index in [-0.39, 0.29) is 5.88 Å². The molecule has 14 heavy (non-hydrogen) atoms. The van der Waals surface area contributed by atoms with E-state index in [0.717, 1.165) is 12.3 Å². The number of rotatable bonds is 2. The third kappa shape index (κ3) is 2.73. The molecule has 0 aliphatic carbocycles. The smallest absolute Gasteiger partial charge is 0.417 e. The number of nitrogens with zero attached hydrogens (tertiary/aromatic N) is 1. The van der Waals surface area contributed by atoms with E-state index in [1.54, 1.807) is 29.5 Å². The molecular formula is C8H7F3INO. The van der Waals surface area contributed by atoms with Crippen LogP contribution in [0.1, 0.15) is 12.5 Å². The van der Waals surface area contributed by atoms with Crippen LogP contribution >= 0.6 is 22.6 Å². The lowest BCUT2D eigenvalue weighted by atomic mass is 10.3. The molecule has 78 valence electrons. The van der Waals surface area contributed by atoms with Crippen molar-refractivity contribution >= 4 is 22.6 Å². The van der Waals surface area contributed by atoms with Gasteiger partial charge >= 0.3 is 6.18 Å². The molecule has 0 saturated heterocycles. The molecule has 0 aliphatic rings. The molecule has 0 aromatic carbocycles. The number of ether oxygens (including phenoxy) is 1. The van der Waals surface area contributed by atoms with Crippen LogP contribution in [0, 0.1) is 3.57 Å². The minimum absolute atomic E-state index is 0.237. The van der Waals surface area contributed by atoms with Crippen molar-refractivity contribution in [2.45, 2.75) is 13.1 Å². The van der Waals surface area contributed by atoms with Crippen LogP contribution in [-0.4, -0.2) is 11.6 Å². The van der Waals surface area contributed by atoms with Crippen LogP contribution in [0.3, 0.4) is 0 Å². The maximum absolute atomic E-state index is 12.2. The van der Waals surface area contributed by atoms with E-state index in [0.29, 0.717) is 10.2 Å². The largest absolute Gasteiger partial charge is 0.477 e. The molecule has 6 heteroatoms. The van der Waals surface area contributed by atoms with Crippen molar-refractivity contribution in [1.29, 1.82) is 0 Å². The van der Waals surface area contributed by atoms with Gasteiger partial charge in [0.2, 0.25) is 5.88 Å². The normalized spacial score (nSPS) is 11.5. The first-order chi connectivity index (χ1) is 6.45. The van der Waals surface area contributed by atoms with Crippen LogP contribution in [0.5, 0.6) is 5.88 Å². The highest BCUT2D eigenvalue weighted by atomic mass is 127. The molecule has 0 amide bonds. The van der Waals surface area contributed by atoms with Gasteiger partial charge in [-0.25, -0.2) is 4.98 Å². The van der Waals surface area contributed by atoms with Gasteiger partial charge in [0, 0.05) is 6.20 Å². The molecule has 0 atom stereocenters. The summed E-state index contributed by atoms with van der Waals surface area (Å²) in [5.41, 5.74) is -0.759. The van der Waals surface area contributed by atoms with Crippen LogP contribution in [0.15, 0.2) is 12.3 Å². The molecule has 0 unspecified atom stereocenters. The van der Waals surface area contributed by atoms with E-state index in [4.69, 9.17) is 4.74 Å². The van der Waals surface area contributed by atoms with Crippen molar-refractivity contribution in [3.05, 3.63) is 21.4 Å². The molecule has 0 saturated carbocycles. The Hall–Kier alpha value is -0.530. The van der Waals surface area contributed by atoms with E-state index < -0.39 is 11.7 Å². The zero-order valence-corrected chi connectivity index (χ0v) is 9.39. The SMILES string of the molecule is CCOc1ncc(C(F)(F)F)cc1I. The van der Waals surface area contributed by atoms with Crippen molar-refractivity contribution in [2.75, 3.05) is 6.61 Å². The summed E-state index contributed by atoms with van der Waals surface area (Å²) >= 11 is 1.76. The molecule has 0 N–H and O–H groups in total. The summed E-state index contributed by atoms with van der Waals surface area (Å²) in [6.07, 6.45) is -3.58. The molecule has 0 aliphatic heterocycles. The van der Waals surface area contributed by atoms with Crippen LogP contribution in [0.2, 0.25) is 0 Å². The summed E-state index contributed by atoms with van der Waals surface area (Å²) in [6.45, 7) is 2.13. The zero-order valence-electron chi connectivity index (χ0n) is 7.23. The summed E-state index contributed by atoms with van der Waals surface area (Å²) in [5, 5.41) is 0. The van der Waals surface area contributed by atoms with Gasteiger partial charge in [0.1, 0.15) is 0 Å². The Morgan fingerprint density at radius 2 is 2.14 bits per heavy atom. The van der Waals surface area contributed by atoms with Crippen molar-refractivity contribution in [2.24, 2.45) is 0 Å². The Labute approximate surface area is 92.6 Å². The predicted molar refractivity (Wildman–Crippen MR) is 53.1 cm³/mol. The highest BCUT2D eigenvalue weighted by molar-refractivity contribution is 14.1. The summed E-state index contributed by atoms with van der Waals surface area (Å²) in [5.74, 6) is 0.237. The fourth-order valence-corrected chi connectivity index (χ4v) is 1.45. The number of hydrogen-bond acceptors (Lipinski definition) is 2. The van der Waals surface area contributed by atoms with Gasteiger partial charge in [0.15, 0.2) is 0 Å². The van der Waals surface area contributed by atoms with E-state index >= 15 is 0 Å². The van der Waals surface area contributed by atoms with Gasteiger partial charge in [-0.2, -0.15) is 13.2 Å². The third-order valence-corrected chi connectivity index (χ3v) is 2.19. The molecule has 0 fully saturated rings. The summed E-state index contributed by atoms with van der Waals surface area (Å²) in [6, 6.07) is 1.01. The summed E-state index contributed by atoms with van der Waals surface area (Å²) < 4.78 is 42.0. The highest BCUT2D eigenvalue weighted by Crippen LogP contribution is 2.31. The maximum atomic E-state index is 12.2. The first-order valence-electron chi connectivity index (χ1n) is 3.80. The second-order valence-electron chi connectivity index (χ2n) is 2.44. The lowest BCUT2D eigenvalue weighted by molar-refractivity contribution is -0.137. The Balaban J connectivity index is 3.01. The second kappa shape index (κ2) is 4.33. The predicted octanol–water partition coefficient (Wildman–Crippen LogP) is 3.10. The molecule has 1 rings (SSSR count). The van der Waals surface area contributed by atoms with Gasteiger partial charge in [-0.15, -0.1) is 0 Å². The fourth-order valence-electron chi connectivity index (χ4n) is 0.823. The van der Waals surface area contributed by atoms with Crippen molar-refractivity contribution in [1.82, 2.24) is 4.98 Å². The molecule has 0 spiro atoms. The van der Waals surface area contributed by atoms with Crippen molar-refractivity contribution in [3.63, 3.8) is 0 Å². The first-order valence-corrected chi connectivity index (χ1v) is 4.88. The van der Waals surface area contributed by atoms with Crippen LogP contribution in [0.4, 0.5) is 13.2 Å². The lowest BCUT2D eigenvalue weighted by Crippen LogP contribution is -2.07. The number of pyridine rings is 1. The van der Waals surface area contributed by atoms with Crippen molar-refractivity contribution < 1.29 is 17.9 Å². The number of aromatic nitrogens is 1. The Morgan fingerprint density at radius 1 is 1.50 bits per heavy atom. The maximum Gasteiger partial charge on any atom is 0.417 e. The molecule has 0 bridgehead atoms. The van der Waals surface area contributed by atoms with Crippen LogP contribution < -0.4 is 4.74 Å². The van der Waals surface area contributed by atoms with Gasteiger partial charge in [-0.05, 0) is 35.6 Å². The average Bonchev–Trinajstić information content (AvgIpc) is 2.07. The van der Waals surface area contributed by atoms with Crippen molar-refractivity contribution in [3.8, 4) is 5.88 Å². The monoisotopic (exact) mass is 317 g/mol. The number of alkyl halides is 3. The topological polar surface area (TPSA) is 22.1 Å². The summed E-state index contributed by atoms with van der Waals surface area (Å²) in [4.78, 5) is 3.58. The Morgan fingerprint density at radius 3 is 2.57 bits per heavy atom. The van der Waals surface area contributed by atoms with E-state index in [1.807, 2.05) is 0 Å². The quantitative estimate of drug-likeness (QED) is 0.782. The van der Waals surface area contributed by atoms with Gasteiger partial charge in [0.25, 0.3) is 0 Å². The van der Waals surface area contributed by atoms with Gasteiger partial charge in [-0.3, -0.25) is 0 Å².